The van der Waals surface area contributed by atoms with Gasteiger partial charge in [0.15, 0.2) is 0 Å². The molecule has 0 atom stereocenters. The summed E-state index contributed by atoms with van der Waals surface area (Å²) in [7, 11) is 0. The van der Waals surface area contributed by atoms with Crippen molar-refractivity contribution in [3.8, 4) is 0 Å². The number of piperazine rings is 15. The minimum absolute atomic E-state index is 1.13. The zero-order valence-corrected chi connectivity index (χ0v) is 59.3. The summed E-state index contributed by atoms with van der Waals surface area (Å²) >= 11 is 0. The quantitative estimate of drug-likeness (QED) is 0.0530. The molecule has 0 unspecified atom stereocenters. The summed E-state index contributed by atoms with van der Waals surface area (Å²) in [5.74, 6) is 0. The lowest BCUT2D eigenvalue weighted by molar-refractivity contribution is -1.09. The van der Waals surface area contributed by atoms with Crippen LogP contribution in [0.1, 0.15) is 106 Å². The first-order chi connectivity index (χ1) is 45.6. The number of hydrogen-bond acceptors (Lipinski definition) is 0. The van der Waals surface area contributed by atoms with Gasteiger partial charge in [0.2, 0.25) is 0 Å². The van der Waals surface area contributed by atoms with Crippen LogP contribution in [0.2, 0.25) is 0 Å². The van der Waals surface area contributed by atoms with Gasteiger partial charge in [-0.2, -0.15) is 0 Å². The van der Waals surface area contributed by atoms with Crippen LogP contribution in [0.5, 0.6) is 0 Å². The van der Waals surface area contributed by atoms with Crippen molar-refractivity contribution in [1.82, 2.24) is 0 Å². The van der Waals surface area contributed by atoms with Crippen LogP contribution in [-0.4, -0.2) is 241 Å². The minimum Gasteiger partial charge on any atom is -0.306 e. The molecule has 0 N–H and O–H groups in total. The third-order valence-corrected chi connectivity index (χ3v) is 28.9. The summed E-state index contributed by atoms with van der Waals surface area (Å²) in [5, 5.41) is 0. The van der Waals surface area contributed by atoms with Crippen LogP contribution in [-0.2, 0) is 91.1 Å². The predicted octanol–water partition coefficient (Wildman–Crippen LogP) is 10.7. The molecule has 0 amide bonds. The molecule has 15 aliphatic heterocycles. The SMILES string of the molecule is CCc1ccc(C[N+]23CC[N+](Cc4cc(CC)cc(C[N+]56CC[N+](Cc7ccc(C[N+]89CC[N+](Cc%10cc(C[N+]%11%12CC[N+](Cc%13ccc(CC)cc%13)(CC%11)CC%12)cc(C[N+]%11%12CC[N+](Cc%13ccc(CC)cc%13)(CC%11)CC%12)c%10)(CC8)CC9)cc7)(CC5)CC6)c4)(CC2)CC3)cc1. The molecule has 498 valence electrons. The molecule has 0 aromatic heterocycles. The molecular formula is C84H122N10+10. The summed E-state index contributed by atoms with van der Waals surface area (Å²) in [6, 6.07) is 55.2. The number of aryl methyl sites for hydroxylation is 4. The number of quaternary nitrogens is 10. The number of hydrogen-bond donors (Lipinski definition) is 0. The van der Waals surface area contributed by atoms with E-state index in [1.54, 1.807) is 55.6 Å². The minimum atomic E-state index is 1.13. The summed E-state index contributed by atoms with van der Waals surface area (Å²) in [5.41, 5.74) is 22.0. The van der Waals surface area contributed by atoms with Crippen LogP contribution in [0.3, 0.4) is 0 Å². The third-order valence-electron chi connectivity index (χ3n) is 28.9. The first-order valence-electron chi connectivity index (χ1n) is 38.7. The third kappa shape index (κ3) is 13.0. The van der Waals surface area contributed by atoms with E-state index < -0.39 is 0 Å². The molecule has 0 radical (unpaired) electrons. The van der Waals surface area contributed by atoms with Crippen LogP contribution in [0, 0.1) is 0 Å². The standard InChI is InChI=1S/C84H122N10/c1-5-71-9-15-75(16-10-71)61-85-25-40-90(41-26-85,42-27-85)66-80-55-74(8-4)56-81(57-80)67-91-43-28-88(29-44-91,30-45-91)64-78-21-23-79(24-22-78)65-89-37-52-94(53-38-89,54-39-89)70-84-59-82(68-92-46-31-86(32-47-92,33-48-92)62-76-17-11-72(6-2)12-18-76)58-83(60-84)69-93-49-34-87(35-50-93,36-51-93)63-77-19-13-73(7-3)14-20-77/h9-24,55-60H,5-8,25-54,61-70H2,1-4H3/q+10. The van der Waals surface area contributed by atoms with E-state index in [-0.39, 0.29) is 0 Å². The van der Waals surface area contributed by atoms with Gasteiger partial charge in [-0.15, -0.1) is 0 Å². The smallest absolute Gasteiger partial charge is 0.129 e. The van der Waals surface area contributed by atoms with Crippen LogP contribution < -0.4 is 0 Å². The zero-order chi connectivity index (χ0) is 63.8. The first-order valence-corrected chi connectivity index (χ1v) is 38.7. The van der Waals surface area contributed by atoms with Crippen LogP contribution in [0.4, 0.5) is 0 Å². The Hall–Kier alpha value is -5.08. The second-order valence-electron chi connectivity index (χ2n) is 34.7. The van der Waals surface area contributed by atoms with Crippen molar-refractivity contribution in [2.45, 2.75) is 119 Å². The topological polar surface area (TPSA) is 0 Å². The molecule has 15 heterocycles. The number of rotatable bonds is 24. The maximum Gasteiger partial charge on any atom is 0.129 e. The molecule has 94 heavy (non-hydrogen) atoms. The summed E-state index contributed by atoms with van der Waals surface area (Å²) in [6.07, 6.45) is 4.53. The number of fused-ring (bicyclic) bond motifs is 15. The Morgan fingerprint density at radius 1 is 0.149 bits per heavy atom. The fraction of sp³-hybridized carbons (Fsp3) is 0.571. The van der Waals surface area contributed by atoms with Gasteiger partial charge < -0.3 is 44.8 Å². The molecule has 10 heteroatoms. The highest BCUT2D eigenvalue weighted by molar-refractivity contribution is 5.32. The Bertz CT molecular complexity index is 3430. The molecule has 10 nitrogen and oxygen atoms in total. The Morgan fingerprint density at radius 2 is 0.255 bits per heavy atom. The Labute approximate surface area is 568 Å². The van der Waals surface area contributed by atoms with Crippen molar-refractivity contribution >= 4 is 0 Å². The van der Waals surface area contributed by atoms with Gasteiger partial charge in [0, 0.05) is 55.6 Å². The highest BCUT2D eigenvalue weighted by Gasteiger charge is 2.54. The molecule has 10 bridgehead atoms. The molecule has 0 saturated carbocycles. The van der Waals surface area contributed by atoms with Crippen LogP contribution in [0.25, 0.3) is 0 Å². The van der Waals surface area contributed by atoms with E-state index in [0.717, 1.165) is 25.7 Å². The molecule has 6 aromatic carbocycles. The average Bonchev–Trinajstić information content (AvgIpc) is 0.781. The second-order valence-corrected chi connectivity index (χ2v) is 34.7. The molecule has 0 aliphatic carbocycles. The van der Waals surface area contributed by atoms with E-state index in [0.29, 0.717) is 0 Å². The molecule has 6 aromatic rings. The monoisotopic (exact) mass is 1270 g/mol. The molecule has 15 fully saturated rings. The Morgan fingerprint density at radius 3 is 0.383 bits per heavy atom. The molecular weight excluding hydrogens is 1150 g/mol. The summed E-state index contributed by atoms with van der Waals surface area (Å²) in [6.45, 7) is 61.5. The van der Waals surface area contributed by atoms with Gasteiger partial charge in [-0.25, -0.2) is 0 Å². The lowest BCUT2D eigenvalue weighted by Crippen LogP contribution is -2.74. The normalized spacial score (nSPS) is 34.6. The van der Waals surface area contributed by atoms with Crippen molar-refractivity contribution in [3.63, 3.8) is 0 Å². The number of nitrogens with zero attached hydrogens (tertiary/aromatic N) is 10. The van der Waals surface area contributed by atoms with Crippen LogP contribution in [0.15, 0.2) is 133 Å². The fourth-order valence-corrected chi connectivity index (χ4v) is 21.7. The van der Waals surface area contributed by atoms with Crippen molar-refractivity contribution < 1.29 is 44.8 Å². The van der Waals surface area contributed by atoms with Crippen molar-refractivity contribution in [2.75, 3.05) is 196 Å². The lowest BCUT2D eigenvalue weighted by Gasteiger charge is -2.56. The van der Waals surface area contributed by atoms with Gasteiger partial charge in [0.1, 0.15) is 262 Å². The molecule has 21 rings (SSSR count). The van der Waals surface area contributed by atoms with E-state index in [9.17, 15) is 0 Å². The molecule has 15 saturated heterocycles. The molecule has 15 aliphatic rings. The Balaban J connectivity index is 0.536. The highest BCUT2D eigenvalue weighted by atomic mass is 15.6. The van der Waals surface area contributed by atoms with Gasteiger partial charge in [-0.3, -0.25) is 0 Å². The Kier molecular flexibility index (Phi) is 16.9. The highest BCUT2D eigenvalue weighted by Crippen LogP contribution is 2.39. The van der Waals surface area contributed by atoms with E-state index in [1.165, 1.54) is 329 Å². The van der Waals surface area contributed by atoms with Gasteiger partial charge in [-0.05, 0) is 72.2 Å². The average molecular weight is 1270 g/mol. The van der Waals surface area contributed by atoms with Crippen molar-refractivity contribution in [3.05, 3.63) is 211 Å². The van der Waals surface area contributed by atoms with Gasteiger partial charge >= 0.3 is 0 Å². The zero-order valence-electron chi connectivity index (χ0n) is 59.3. The van der Waals surface area contributed by atoms with E-state index in [2.05, 4.69) is 161 Å². The maximum absolute atomic E-state index is 2.76. The lowest BCUT2D eigenvalue weighted by atomic mass is 9.96. The summed E-state index contributed by atoms with van der Waals surface area (Å²) in [4.78, 5) is 0. The predicted molar refractivity (Wildman–Crippen MR) is 382 cm³/mol. The molecule has 0 spiro atoms. The second kappa shape index (κ2) is 25.0. The van der Waals surface area contributed by atoms with Crippen molar-refractivity contribution in [2.24, 2.45) is 0 Å². The summed E-state index contributed by atoms with van der Waals surface area (Å²) < 4.78 is 13.1. The van der Waals surface area contributed by atoms with E-state index in [1.807, 2.05) is 0 Å². The number of benzene rings is 6. The van der Waals surface area contributed by atoms with Crippen LogP contribution >= 0.6 is 0 Å². The largest absolute Gasteiger partial charge is 0.306 e. The van der Waals surface area contributed by atoms with Gasteiger partial charge in [0.05, 0.1) is 0 Å². The van der Waals surface area contributed by atoms with Crippen molar-refractivity contribution in [1.29, 1.82) is 0 Å². The fourth-order valence-electron chi connectivity index (χ4n) is 21.7. The first kappa shape index (κ1) is 63.6. The van der Waals surface area contributed by atoms with Gasteiger partial charge in [0.25, 0.3) is 0 Å². The van der Waals surface area contributed by atoms with Gasteiger partial charge in [-0.1, -0.05) is 137 Å². The van der Waals surface area contributed by atoms with E-state index >= 15 is 0 Å². The maximum atomic E-state index is 2.76. The van der Waals surface area contributed by atoms with E-state index in [4.69, 9.17) is 0 Å².